The maximum Gasteiger partial charge on any atom is 0.120 e. The fourth-order valence-corrected chi connectivity index (χ4v) is 3.50. The highest BCUT2D eigenvalue weighted by molar-refractivity contribution is 6.31. The Morgan fingerprint density at radius 1 is 1.07 bits per heavy atom. The van der Waals surface area contributed by atoms with Crippen LogP contribution in [0.1, 0.15) is 63.1 Å². The van der Waals surface area contributed by atoms with E-state index in [4.69, 9.17) is 16.3 Å². The lowest BCUT2D eigenvalue weighted by Gasteiger charge is -2.29. The first-order chi connectivity index (χ1) is 13.2. The highest BCUT2D eigenvalue weighted by atomic mass is 35.5. The molecule has 2 aromatic rings. The van der Waals surface area contributed by atoms with Gasteiger partial charge in [-0.3, -0.25) is 0 Å². The van der Waals surface area contributed by atoms with Crippen LogP contribution in [0.5, 0.6) is 5.75 Å². The third-order valence-electron chi connectivity index (χ3n) is 5.50. The van der Waals surface area contributed by atoms with Gasteiger partial charge in [-0.05, 0) is 82.3 Å². The van der Waals surface area contributed by atoms with Crippen molar-refractivity contribution in [3.05, 3.63) is 64.2 Å². The molecule has 154 valence electrons. The number of benzene rings is 2. The molecule has 0 N–H and O–H groups in total. The molecule has 1 atom stereocenters. The summed E-state index contributed by atoms with van der Waals surface area (Å²) in [6.45, 7) is 12.9. The van der Waals surface area contributed by atoms with Crippen LogP contribution in [0.4, 0.5) is 0 Å². The second-order valence-electron chi connectivity index (χ2n) is 8.64. The van der Waals surface area contributed by atoms with Crippen LogP contribution in [0, 0.1) is 6.92 Å². The number of likely N-dealkylation sites (N-methyl/N-ethyl adjacent to an activating group) is 1. The van der Waals surface area contributed by atoms with Gasteiger partial charge in [0.15, 0.2) is 0 Å². The summed E-state index contributed by atoms with van der Waals surface area (Å²) in [6.07, 6.45) is 3.12. The molecule has 0 amide bonds. The fourth-order valence-electron chi connectivity index (χ4n) is 3.20. The summed E-state index contributed by atoms with van der Waals surface area (Å²) < 4.78 is 6.33. The van der Waals surface area contributed by atoms with E-state index in [1.807, 2.05) is 12.1 Å². The van der Waals surface area contributed by atoms with E-state index in [0.29, 0.717) is 5.92 Å². The number of halogens is 1. The fraction of sp³-hybridized carbons (Fsp3) is 0.520. The van der Waals surface area contributed by atoms with Gasteiger partial charge < -0.3 is 9.64 Å². The molecule has 3 heteroatoms. The van der Waals surface area contributed by atoms with Gasteiger partial charge in [-0.2, -0.15) is 0 Å². The van der Waals surface area contributed by atoms with Crippen LogP contribution >= 0.6 is 11.6 Å². The number of aryl methyl sites for hydroxylation is 1. The van der Waals surface area contributed by atoms with Crippen LogP contribution < -0.4 is 4.74 Å². The Hall–Kier alpha value is -1.51. The zero-order valence-electron chi connectivity index (χ0n) is 18.4. The van der Waals surface area contributed by atoms with Crippen molar-refractivity contribution < 1.29 is 4.74 Å². The minimum absolute atomic E-state index is 0.224. The predicted octanol–water partition coefficient (Wildman–Crippen LogP) is 6.88. The van der Waals surface area contributed by atoms with Crippen molar-refractivity contribution in [1.29, 1.82) is 0 Å². The molecule has 0 fully saturated rings. The second-order valence-corrected chi connectivity index (χ2v) is 9.05. The highest BCUT2D eigenvalue weighted by Gasteiger charge is 2.21. The van der Waals surface area contributed by atoms with E-state index < -0.39 is 0 Å². The van der Waals surface area contributed by atoms with Crippen molar-refractivity contribution in [1.82, 2.24) is 4.90 Å². The summed E-state index contributed by atoms with van der Waals surface area (Å²) in [5, 5.41) is 0.829. The molecule has 0 bridgehead atoms. The van der Waals surface area contributed by atoms with Gasteiger partial charge >= 0.3 is 0 Å². The van der Waals surface area contributed by atoms with Crippen molar-refractivity contribution in [2.24, 2.45) is 0 Å². The molecule has 1 unspecified atom stereocenters. The molecule has 0 saturated heterocycles. The Labute approximate surface area is 176 Å². The zero-order chi connectivity index (χ0) is 20.7. The van der Waals surface area contributed by atoms with Gasteiger partial charge in [0.05, 0.1) is 0 Å². The van der Waals surface area contributed by atoms with E-state index in [0.717, 1.165) is 43.1 Å². The van der Waals surface area contributed by atoms with Gasteiger partial charge in [0.1, 0.15) is 11.4 Å². The number of hydrogen-bond acceptors (Lipinski definition) is 2. The summed E-state index contributed by atoms with van der Waals surface area (Å²) in [4.78, 5) is 2.39. The standard InChI is InChI=1S/C25H36ClNO/c1-7-20(3)23-18-22(12-13-24(23)26)28-25(4,5)15-17-27(6)16-14-21-10-8-19(2)9-11-21/h8-13,18,20H,7,14-17H2,1-6H3. The van der Waals surface area contributed by atoms with Crippen molar-refractivity contribution in [2.45, 2.75) is 65.4 Å². The topological polar surface area (TPSA) is 12.5 Å². The number of nitrogens with zero attached hydrogens (tertiary/aromatic N) is 1. The van der Waals surface area contributed by atoms with E-state index in [1.165, 1.54) is 16.7 Å². The van der Waals surface area contributed by atoms with E-state index in [1.54, 1.807) is 0 Å². The molecule has 0 radical (unpaired) electrons. The minimum atomic E-state index is -0.224. The molecule has 0 saturated carbocycles. The van der Waals surface area contributed by atoms with Crippen LogP contribution in [0.15, 0.2) is 42.5 Å². The van der Waals surface area contributed by atoms with Gasteiger partial charge in [0.25, 0.3) is 0 Å². The first kappa shape index (κ1) is 22.8. The largest absolute Gasteiger partial charge is 0.488 e. The van der Waals surface area contributed by atoms with Crippen molar-refractivity contribution in [2.75, 3.05) is 20.1 Å². The van der Waals surface area contributed by atoms with Crippen molar-refractivity contribution >= 4 is 11.6 Å². The zero-order valence-corrected chi connectivity index (χ0v) is 19.1. The third kappa shape index (κ3) is 7.14. The molecule has 0 aliphatic rings. The summed E-state index contributed by atoms with van der Waals surface area (Å²) in [6, 6.07) is 14.9. The Kier molecular flexibility index (Phi) is 8.39. The number of rotatable bonds is 10. The first-order valence-corrected chi connectivity index (χ1v) is 10.8. The molecule has 2 nitrogen and oxygen atoms in total. The average Bonchev–Trinajstić information content (AvgIpc) is 2.66. The first-order valence-electron chi connectivity index (χ1n) is 10.4. The summed E-state index contributed by atoms with van der Waals surface area (Å²) in [7, 11) is 2.19. The Bertz CT molecular complexity index is 739. The molecule has 28 heavy (non-hydrogen) atoms. The molecule has 0 aliphatic carbocycles. The number of hydrogen-bond donors (Lipinski definition) is 0. The van der Waals surface area contributed by atoms with E-state index >= 15 is 0 Å². The van der Waals surface area contributed by atoms with Crippen molar-refractivity contribution in [3.63, 3.8) is 0 Å². The molecule has 0 aromatic heterocycles. The van der Waals surface area contributed by atoms with Gasteiger partial charge in [-0.1, -0.05) is 55.3 Å². The highest BCUT2D eigenvalue weighted by Crippen LogP contribution is 2.32. The van der Waals surface area contributed by atoms with Gasteiger partial charge in [0.2, 0.25) is 0 Å². The second kappa shape index (κ2) is 10.3. The SMILES string of the molecule is CCC(C)c1cc(OC(C)(C)CCN(C)CCc2ccc(C)cc2)ccc1Cl. The molecule has 2 rings (SSSR count). The molecular formula is C25H36ClNO. The van der Waals surface area contributed by atoms with Gasteiger partial charge in [-0.15, -0.1) is 0 Å². The van der Waals surface area contributed by atoms with Crippen LogP contribution in [0.3, 0.4) is 0 Å². The Morgan fingerprint density at radius 2 is 1.75 bits per heavy atom. The molecule has 0 aliphatic heterocycles. The molecule has 0 heterocycles. The monoisotopic (exact) mass is 401 g/mol. The van der Waals surface area contributed by atoms with Crippen LogP contribution in [0.25, 0.3) is 0 Å². The lowest BCUT2D eigenvalue weighted by atomic mass is 9.98. The van der Waals surface area contributed by atoms with E-state index in [-0.39, 0.29) is 5.60 Å². The lowest BCUT2D eigenvalue weighted by molar-refractivity contribution is 0.0872. The van der Waals surface area contributed by atoms with E-state index in [9.17, 15) is 0 Å². The van der Waals surface area contributed by atoms with Crippen LogP contribution in [-0.2, 0) is 6.42 Å². The third-order valence-corrected chi connectivity index (χ3v) is 5.85. The smallest absolute Gasteiger partial charge is 0.120 e. The quantitative estimate of drug-likeness (QED) is 0.430. The van der Waals surface area contributed by atoms with Crippen LogP contribution in [0.2, 0.25) is 5.02 Å². The molecule has 2 aromatic carbocycles. The minimum Gasteiger partial charge on any atom is -0.488 e. The summed E-state index contributed by atoms with van der Waals surface area (Å²) in [5.41, 5.74) is 3.66. The average molecular weight is 402 g/mol. The normalized spacial score (nSPS) is 13.0. The summed E-state index contributed by atoms with van der Waals surface area (Å²) >= 11 is 6.38. The number of ether oxygens (including phenoxy) is 1. The Balaban J connectivity index is 1.86. The van der Waals surface area contributed by atoms with E-state index in [2.05, 4.69) is 76.9 Å². The van der Waals surface area contributed by atoms with Crippen molar-refractivity contribution in [3.8, 4) is 5.75 Å². The van der Waals surface area contributed by atoms with Gasteiger partial charge in [-0.25, -0.2) is 0 Å². The lowest BCUT2D eigenvalue weighted by Crippen LogP contribution is -2.34. The van der Waals surface area contributed by atoms with Crippen LogP contribution in [-0.4, -0.2) is 30.6 Å². The summed E-state index contributed by atoms with van der Waals surface area (Å²) in [5.74, 6) is 1.35. The molecule has 0 spiro atoms. The maximum atomic E-state index is 6.38. The maximum absolute atomic E-state index is 6.38. The van der Waals surface area contributed by atoms with Gasteiger partial charge in [0, 0.05) is 18.1 Å². The molecular weight excluding hydrogens is 366 g/mol. The Morgan fingerprint density at radius 3 is 2.39 bits per heavy atom. The predicted molar refractivity (Wildman–Crippen MR) is 122 cm³/mol.